The zero-order valence-electron chi connectivity index (χ0n) is 24.1. The second kappa shape index (κ2) is 15.6. The van der Waals surface area contributed by atoms with Gasteiger partial charge >= 0.3 is 6.03 Å². The first-order chi connectivity index (χ1) is 19.1. The highest BCUT2D eigenvalue weighted by Gasteiger charge is 2.29. The largest absolute Gasteiger partial charge is 0.457 e. The molecular weight excluding hydrogens is 564 g/mol. The van der Waals surface area contributed by atoms with Crippen molar-refractivity contribution in [1.29, 1.82) is 0 Å². The van der Waals surface area contributed by atoms with Crippen molar-refractivity contribution < 1.29 is 23.1 Å². The number of rotatable bonds is 11. The normalized spacial score (nSPS) is 17.7. The van der Waals surface area contributed by atoms with Crippen molar-refractivity contribution >= 4 is 34.1 Å². The number of carbonyl (C=O) groups excluding carboxylic acids is 1. The molecule has 3 N–H and O–H groups in total. The van der Waals surface area contributed by atoms with Gasteiger partial charge in [0, 0.05) is 44.0 Å². The number of ether oxygens (including phenoxy) is 1. The Balaban J connectivity index is 0.00000462. The Bertz CT molecular complexity index is 1180. The average molecular weight is 609 g/mol. The molecule has 2 aromatic carbocycles. The number of carbonyl (C=O) groups is 1. The van der Waals surface area contributed by atoms with Crippen LogP contribution in [0.3, 0.4) is 0 Å². The van der Waals surface area contributed by atoms with Gasteiger partial charge in [-0.1, -0.05) is 31.4 Å². The second-order valence-electron chi connectivity index (χ2n) is 11.3. The Kier molecular flexibility index (Phi) is 12.6. The molecule has 1 atom stereocenters. The second-order valence-corrected chi connectivity index (χ2v) is 13.0. The molecular formula is C30H45ClN4O5S. The molecule has 0 aromatic heterocycles. The number of hydrogen-bond donors (Lipinski definition) is 3. The van der Waals surface area contributed by atoms with Gasteiger partial charge in [-0.25, -0.2) is 13.2 Å². The topological polar surface area (TPSA) is 111 Å². The smallest absolute Gasteiger partial charge is 0.317 e. The number of urea groups is 1. The number of nitrogens with zero attached hydrogens (tertiary/aromatic N) is 2. The van der Waals surface area contributed by atoms with E-state index in [9.17, 15) is 18.3 Å². The zero-order chi connectivity index (χ0) is 28.5. The van der Waals surface area contributed by atoms with Crippen molar-refractivity contribution in [2.24, 2.45) is 0 Å². The fourth-order valence-corrected chi connectivity index (χ4v) is 6.10. The van der Waals surface area contributed by atoms with E-state index in [1.54, 1.807) is 31.2 Å². The van der Waals surface area contributed by atoms with Crippen LogP contribution in [0.5, 0.6) is 11.5 Å². The summed E-state index contributed by atoms with van der Waals surface area (Å²) in [5, 5.41) is 13.1. The molecule has 4 rings (SSSR count). The standard InChI is InChI=1S/C30H44N4O5S.ClH/c1-23(35)16-21-34(30(36)31-25-6-4-3-5-7-25)27-17-19-33(20-18-27)22-24-8-12-28(13-9-24)39-29-14-10-26(11-15-29)32-40(2,37)38;/h8-15,23,25,27,32,35H,3-7,16-22H2,1-2H3,(H,31,36);1H. The summed E-state index contributed by atoms with van der Waals surface area (Å²) in [6.07, 6.45) is 8.87. The number of hydrogen-bond acceptors (Lipinski definition) is 6. The van der Waals surface area contributed by atoms with E-state index in [0.29, 0.717) is 30.2 Å². The van der Waals surface area contributed by atoms with Crippen LogP contribution in [0.2, 0.25) is 0 Å². The number of benzene rings is 2. The van der Waals surface area contributed by atoms with E-state index in [-0.39, 0.29) is 30.5 Å². The van der Waals surface area contributed by atoms with E-state index < -0.39 is 16.1 Å². The van der Waals surface area contributed by atoms with Crippen LogP contribution in [-0.4, -0.2) is 73.4 Å². The molecule has 1 saturated heterocycles. The predicted octanol–water partition coefficient (Wildman–Crippen LogP) is 5.35. The van der Waals surface area contributed by atoms with Crippen LogP contribution in [0.25, 0.3) is 0 Å². The van der Waals surface area contributed by atoms with E-state index in [1.807, 2.05) is 17.0 Å². The molecule has 2 aliphatic rings. The van der Waals surface area contributed by atoms with Crippen molar-refractivity contribution in [1.82, 2.24) is 15.1 Å². The van der Waals surface area contributed by atoms with Crippen LogP contribution >= 0.6 is 12.4 Å². The Morgan fingerprint density at radius 1 is 1.00 bits per heavy atom. The molecule has 1 heterocycles. The molecule has 41 heavy (non-hydrogen) atoms. The number of aliphatic hydroxyl groups excluding tert-OH is 1. The van der Waals surface area contributed by atoms with Crippen molar-refractivity contribution in [3.8, 4) is 11.5 Å². The summed E-state index contributed by atoms with van der Waals surface area (Å²) in [5.41, 5.74) is 1.68. The summed E-state index contributed by atoms with van der Waals surface area (Å²) in [6, 6.07) is 15.3. The van der Waals surface area contributed by atoms with Gasteiger partial charge in [0.15, 0.2) is 0 Å². The number of amides is 2. The molecule has 11 heteroatoms. The van der Waals surface area contributed by atoms with Crippen molar-refractivity contribution in [2.75, 3.05) is 30.6 Å². The van der Waals surface area contributed by atoms with Gasteiger partial charge in [0.05, 0.1) is 12.4 Å². The van der Waals surface area contributed by atoms with Gasteiger partial charge in [-0.2, -0.15) is 0 Å². The first kappa shape index (κ1) is 33.0. The van der Waals surface area contributed by atoms with E-state index in [1.165, 1.54) is 24.8 Å². The molecule has 2 amide bonds. The molecule has 9 nitrogen and oxygen atoms in total. The van der Waals surface area contributed by atoms with Crippen LogP contribution in [-0.2, 0) is 16.6 Å². The molecule has 0 radical (unpaired) electrons. The molecule has 1 unspecified atom stereocenters. The maximum Gasteiger partial charge on any atom is 0.317 e. The summed E-state index contributed by atoms with van der Waals surface area (Å²) in [6.45, 7) is 5.03. The minimum atomic E-state index is -3.31. The average Bonchev–Trinajstić information content (AvgIpc) is 2.91. The van der Waals surface area contributed by atoms with Gasteiger partial charge in [-0.15, -0.1) is 12.4 Å². The number of aliphatic hydroxyl groups is 1. The molecule has 2 aromatic rings. The lowest BCUT2D eigenvalue weighted by Gasteiger charge is -2.39. The third-order valence-electron chi connectivity index (χ3n) is 7.70. The van der Waals surface area contributed by atoms with E-state index in [4.69, 9.17) is 4.74 Å². The lowest BCUT2D eigenvalue weighted by Crippen LogP contribution is -2.53. The highest BCUT2D eigenvalue weighted by atomic mass is 35.5. The van der Waals surface area contributed by atoms with E-state index >= 15 is 0 Å². The summed E-state index contributed by atoms with van der Waals surface area (Å²) >= 11 is 0. The van der Waals surface area contributed by atoms with Crippen LogP contribution in [0.15, 0.2) is 48.5 Å². The molecule has 0 bridgehead atoms. The quantitative estimate of drug-likeness (QED) is 0.317. The summed E-state index contributed by atoms with van der Waals surface area (Å²) in [5.74, 6) is 1.34. The lowest BCUT2D eigenvalue weighted by molar-refractivity contribution is 0.0997. The van der Waals surface area contributed by atoms with Crippen LogP contribution < -0.4 is 14.8 Å². The first-order valence-electron chi connectivity index (χ1n) is 14.5. The Morgan fingerprint density at radius 2 is 1.59 bits per heavy atom. The maximum absolute atomic E-state index is 13.2. The summed E-state index contributed by atoms with van der Waals surface area (Å²) in [7, 11) is -3.31. The van der Waals surface area contributed by atoms with Crippen molar-refractivity contribution in [2.45, 2.75) is 83.0 Å². The minimum Gasteiger partial charge on any atom is -0.457 e. The fourth-order valence-electron chi connectivity index (χ4n) is 5.53. The summed E-state index contributed by atoms with van der Waals surface area (Å²) in [4.78, 5) is 17.6. The van der Waals surface area contributed by atoms with Gasteiger partial charge < -0.3 is 20.1 Å². The van der Waals surface area contributed by atoms with E-state index in [2.05, 4.69) is 27.1 Å². The molecule has 1 aliphatic heterocycles. The monoisotopic (exact) mass is 608 g/mol. The highest BCUT2D eigenvalue weighted by Crippen LogP contribution is 2.25. The molecule has 0 spiro atoms. The molecule has 228 valence electrons. The van der Waals surface area contributed by atoms with Gasteiger partial charge in [-0.3, -0.25) is 9.62 Å². The van der Waals surface area contributed by atoms with Gasteiger partial charge in [0.25, 0.3) is 0 Å². The van der Waals surface area contributed by atoms with Crippen molar-refractivity contribution in [3.05, 3.63) is 54.1 Å². The molecule has 1 aliphatic carbocycles. The Labute approximate surface area is 251 Å². The molecule has 2 fully saturated rings. The number of sulfonamides is 1. The predicted molar refractivity (Wildman–Crippen MR) is 165 cm³/mol. The van der Waals surface area contributed by atoms with Gasteiger partial charge in [-0.05, 0) is 81.0 Å². The van der Waals surface area contributed by atoms with Crippen LogP contribution in [0.4, 0.5) is 10.5 Å². The fraction of sp³-hybridized carbons (Fsp3) is 0.567. The number of nitrogens with one attached hydrogen (secondary N) is 2. The Morgan fingerprint density at radius 3 is 2.15 bits per heavy atom. The molecule has 1 saturated carbocycles. The Hall–Kier alpha value is -2.53. The number of anilines is 1. The van der Waals surface area contributed by atoms with Gasteiger partial charge in [0.2, 0.25) is 10.0 Å². The van der Waals surface area contributed by atoms with Gasteiger partial charge in [0.1, 0.15) is 11.5 Å². The third kappa shape index (κ3) is 11.0. The third-order valence-corrected chi connectivity index (χ3v) is 8.31. The summed E-state index contributed by atoms with van der Waals surface area (Å²) < 4.78 is 31.1. The maximum atomic E-state index is 13.2. The zero-order valence-corrected chi connectivity index (χ0v) is 25.8. The first-order valence-corrected chi connectivity index (χ1v) is 16.4. The highest BCUT2D eigenvalue weighted by molar-refractivity contribution is 7.92. The lowest BCUT2D eigenvalue weighted by atomic mass is 9.95. The minimum absolute atomic E-state index is 0. The number of piperidine rings is 1. The number of likely N-dealkylation sites (tertiary alicyclic amines) is 1. The van der Waals surface area contributed by atoms with E-state index in [0.717, 1.165) is 51.6 Å². The van der Waals surface area contributed by atoms with Crippen molar-refractivity contribution in [3.63, 3.8) is 0 Å². The number of halogens is 1. The SMILES string of the molecule is CC(O)CCN(C(=O)NC1CCCCC1)C1CCN(Cc2ccc(Oc3ccc(NS(C)(=O)=O)cc3)cc2)CC1.Cl. The van der Waals surface area contributed by atoms with Crippen LogP contribution in [0.1, 0.15) is 63.9 Å². The van der Waals surface area contributed by atoms with Crippen LogP contribution in [0, 0.1) is 0 Å².